The average Bonchev–Trinajstić information content (AvgIpc) is 2.57. The van der Waals surface area contributed by atoms with Crippen molar-refractivity contribution >= 4 is 22.1 Å². The number of carbonyl (C=O) groups excluding carboxylic acids is 1. The van der Waals surface area contributed by atoms with Crippen LogP contribution >= 0.6 is 0 Å². The average molecular weight is 371 g/mol. The Balaban J connectivity index is 3.30. The van der Waals surface area contributed by atoms with Crippen molar-refractivity contribution in [3.8, 4) is 11.5 Å². The van der Waals surface area contributed by atoms with Crippen molar-refractivity contribution in [3.05, 3.63) is 23.8 Å². The molecule has 0 saturated carbocycles. The van der Waals surface area contributed by atoms with Crippen LogP contribution in [0.25, 0.3) is 6.08 Å². The van der Waals surface area contributed by atoms with E-state index in [2.05, 4.69) is 9.46 Å². The molecule has 0 aliphatic carbocycles. The Morgan fingerprint density at radius 2 is 1.88 bits per heavy atom. The van der Waals surface area contributed by atoms with Gasteiger partial charge in [-0.1, -0.05) is 13.8 Å². The molecular formula is C17H25NO6S. The zero-order valence-corrected chi connectivity index (χ0v) is 16.0. The number of ether oxygens (including phenoxy) is 3. The summed E-state index contributed by atoms with van der Waals surface area (Å²) in [5.74, 6) is 0.177. The van der Waals surface area contributed by atoms with Crippen LogP contribution in [0.1, 0.15) is 25.8 Å². The highest BCUT2D eigenvalue weighted by atomic mass is 32.2. The lowest BCUT2D eigenvalue weighted by Crippen LogP contribution is -2.26. The lowest BCUT2D eigenvalue weighted by atomic mass is 10.1. The highest BCUT2D eigenvalue weighted by Crippen LogP contribution is 2.36. The second-order valence-electron chi connectivity index (χ2n) is 5.69. The third kappa shape index (κ3) is 6.06. The number of esters is 1. The van der Waals surface area contributed by atoms with Gasteiger partial charge in [0.15, 0.2) is 11.5 Å². The van der Waals surface area contributed by atoms with E-state index in [4.69, 9.17) is 9.47 Å². The molecule has 0 atom stereocenters. The van der Waals surface area contributed by atoms with Crippen LogP contribution < -0.4 is 14.2 Å². The fraction of sp³-hybridized carbons (Fsp3) is 0.471. The van der Waals surface area contributed by atoms with Gasteiger partial charge in [0.05, 0.1) is 21.3 Å². The predicted octanol–water partition coefficient (Wildman–Crippen LogP) is 2.21. The molecule has 0 unspecified atom stereocenters. The maximum atomic E-state index is 12.6. The Morgan fingerprint density at radius 3 is 2.40 bits per heavy atom. The number of benzene rings is 1. The first kappa shape index (κ1) is 21.0. The molecule has 0 aliphatic heterocycles. The minimum Gasteiger partial charge on any atom is -0.493 e. The summed E-state index contributed by atoms with van der Waals surface area (Å²) in [4.78, 5) is 11.2. The number of nitrogens with one attached hydrogen (secondary N) is 1. The summed E-state index contributed by atoms with van der Waals surface area (Å²) in [6.07, 6.45) is 3.35. The number of sulfonamides is 1. The summed E-state index contributed by atoms with van der Waals surface area (Å²) in [5, 5.41) is 0. The first-order valence-corrected chi connectivity index (χ1v) is 9.25. The maximum absolute atomic E-state index is 12.6. The van der Waals surface area contributed by atoms with Crippen LogP contribution in [0.4, 0.5) is 0 Å². The Kier molecular flexibility index (Phi) is 7.92. The van der Waals surface area contributed by atoms with Crippen LogP contribution in [0, 0.1) is 5.92 Å². The molecule has 1 N–H and O–H groups in total. The van der Waals surface area contributed by atoms with Gasteiger partial charge in [-0.05, 0) is 36.1 Å². The molecule has 0 radical (unpaired) electrons. The van der Waals surface area contributed by atoms with Crippen LogP contribution in [0.2, 0.25) is 0 Å². The van der Waals surface area contributed by atoms with E-state index in [0.29, 0.717) is 24.4 Å². The van der Waals surface area contributed by atoms with E-state index in [1.807, 2.05) is 13.8 Å². The first-order chi connectivity index (χ1) is 11.7. The van der Waals surface area contributed by atoms with E-state index in [1.165, 1.54) is 39.5 Å². The molecule has 7 nitrogen and oxygen atoms in total. The lowest BCUT2D eigenvalue weighted by molar-refractivity contribution is -0.134. The normalized spacial score (nSPS) is 11.8. The first-order valence-electron chi connectivity index (χ1n) is 7.76. The van der Waals surface area contributed by atoms with Gasteiger partial charge >= 0.3 is 5.97 Å². The van der Waals surface area contributed by atoms with E-state index >= 15 is 0 Å². The Bertz CT molecular complexity index is 725. The van der Waals surface area contributed by atoms with Gasteiger partial charge in [0, 0.05) is 12.6 Å². The van der Waals surface area contributed by atoms with E-state index in [1.54, 1.807) is 6.07 Å². The zero-order chi connectivity index (χ0) is 19.0. The molecule has 0 aromatic heterocycles. The molecule has 8 heteroatoms. The van der Waals surface area contributed by atoms with Gasteiger partial charge in [0.2, 0.25) is 10.0 Å². The van der Waals surface area contributed by atoms with E-state index in [0.717, 1.165) is 0 Å². The molecule has 0 heterocycles. The molecule has 0 fully saturated rings. The SMILES string of the molecule is COC(=O)C=Cc1cc(OC)c(OC)c(S(=O)(=O)NCCC(C)C)c1. The summed E-state index contributed by atoms with van der Waals surface area (Å²) in [5.41, 5.74) is 0.465. The topological polar surface area (TPSA) is 90.9 Å². The van der Waals surface area contributed by atoms with Crippen molar-refractivity contribution in [3.63, 3.8) is 0 Å². The Morgan fingerprint density at radius 1 is 1.20 bits per heavy atom. The van der Waals surface area contributed by atoms with E-state index in [9.17, 15) is 13.2 Å². The van der Waals surface area contributed by atoms with Crippen LogP contribution in [0.5, 0.6) is 11.5 Å². The van der Waals surface area contributed by atoms with Gasteiger partial charge in [-0.3, -0.25) is 0 Å². The van der Waals surface area contributed by atoms with Crippen molar-refractivity contribution in [1.82, 2.24) is 4.72 Å². The van der Waals surface area contributed by atoms with Gasteiger partial charge in [-0.25, -0.2) is 17.9 Å². The number of rotatable bonds is 9. The highest BCUT2D eigenvalue weighted by Gasteiger charge is 2.23. The second kappa shape index (κ2) is 9.43. The monoisotopic (exact) mass is 371 g/mol. The minimum atomic E-state index is -3.80. The van der Waals surface area contributed by atoms with Crippen LogP contribution in [-0.4, -0.2) is 42.3 Å². The highest BCUT2D eigenvalue weighted by molar-refractivity contribution is 7.89. The molecule has 1 aromatic carbocycles. The van der Waals surface area contributed by atoms with Gasteiger partial charge in [0.1, 0.15) is 4.90 Å². The van der Waals surface area contributed by atoms with Gasteiger partial charge in [-0.15, -0.1) is 0 Å². The van der Waals surface area contributed by atoms with Crippen LogP contribution in [0.15, 0.2) is 23.1 Å². The number of methoxy groups -OCH3 is 3. The minimum absolute atomic E-state index is 0.0531. The van der Waals surface area contributed by atoms with Crippen molar-refractivity contribution in [2.45, 2.75) is 25.2 Å². The molecule has 140 valence electrons. The molecule has 0 spiro atoms. The number of hydrogen-bond acceptors (Lipinski definition) is 6. The summed E-state index contributed by atoms with van der Waals surface area (Å²) in [6.45, 7) is 4.33. The smallest absolute Gasteiger partial charge is 0.330 e. The van der Waals surface area contributed by atoms with Crippen LogP contribution in [-0.2, 0) is 19.6 Å². The summed E-state index contributed by atoms with van der Waals surface area (Å²) >= 11 is 0. The largest absolute Gasteiger partial charge is 0.493 e. The van der Waals surface area contributed by atoms with Crippen molar-refractivity contribution in [1.29, 1.82) is 0 Å². The molecule has 0 bridgehead atoms. The Hall–Kier alpha value is -2.06. The fourth-order valence-electron chi connectivity index (χ4n) is 2.04. The fourth-order valence-corrected chi connectivity index (χ4v) is 3.30. The third-order valence-electron chi connectivity index (χ3n) is 3.38. The standard InChI is InChI=1S/C17H25NO6S/c1-12(2)8-9-18-25(20,21)15-11-13(6-7-16(19)23-4)10-14(22-3)17(15)24-5/h6-7,10-12,18H,8-9H2,1-5H3. The van der Waals surface area contributed by atoms with Crippen molar-refractivity contribution < 1.29 is 27.4 Å². The summed E-state index contributed by atoms with van der Waals surface area (Å²) in [7, 11) is 0.238. The molecule has 1 rings (SSSR count). The maximum Gasteiger partial charge on any atom is 0.330 e. The third-order valence-corrected chi connectivity index (χ3v) is 4.85. The van der Waals surface area contributed by atoms with Crippen molar-refractivity contribution in [2.75, 3.05) is 27.9 Å². The zero-order valence-electron chi connectivity index (χ0n) is 15.2. The molecule has 0 saturated heterocycles. The summed E-state index contributed by atoms with van der Waals surface area (Å²) < 4.78 is 42.8. The van der Waals surface area contributed by atoms with Gasteiger partial charge in [0.25, 0.3) is 0 Å². The summed E-state index contributed by atoms with van der Waals surface area (Å²) in [6, 6.07) is 2.99. The second-order valence-corrected chi connectivity index (χ2v) is 7.43. The lowest BCUT2D eigenvalue weighted by Gasteiger charge is -2.15. The van der Waals surface area contributed by atoms with E-state index < -0.39 is 16.0 Å². The van der Waals surface area contributed by atoms with Gasteiger partial charge in [-0.2, -0.15) is 0 Å². The Labute approximate surface area is 149 Å². The number of carbonyl (C=O) groups is 1. The predicted molar refractivity (Wildman–Crippen MR) is 95.2 cm³/mol. The molecule has 0 amide bonds. The molecule has 1 aromatic rings. The van der Waals surface area contributed by atoms with Crippen LogP contribution in [0.3, 0.4) is 0 Å². The van der Waals surface area contributed by atoms with Gasteiger partial charge < -0.3 is 14.2 Å². The quantitative estimate of drug-likeness (QED) is 0.529. The molecule has 0 aliphatic rings. The molecular weight excluding hydrogens is 346 g/mol. The van der Waals surface area contributed by atoms with E-state index in [-0.39, 0.29) is 16.4 Å². The van der Waals surface area contributed by atoms with Crippen molar-refractivity contribution in [2.24, 2.45) is 5.92 Å². The number of hydrogen-bond donors (Lipinski definition) is 1. The molecule has 25 heavy (non-hydrogen) atoms.